The summed E-state index contributed by atoms with van der Waals surface area (Å²) in [6.45, 7) is 7.61. The first-order valence-corrected chi connectivity index (χ1v) is 8.27. The lowest BCUT2D eigenvalue weighted by Gasteiger charge is -2.27. The number of benzene rings is 1. The van der Waals surface area contributed by atoms with Crippen molar-refractivity contribution in [2.45, 2.75) is 39.7 Å². The van der Waals surface area contributed by atoms with E-state index in [0.29, 0.717) is 6.04 Å². The summed E-state index contributed by atoms with van der Waals surface area (Å²) in [5.74, 6) is 1.12. The van der Waals surface area contributed by atoms with E-state index >= 15 is 0 Å². The molecule has 4 heteroatoms. The molecule has 1 aliphatic rings. The largest absolute Gasteiger partial charge is 0.347 e. The van der Waals surface area contributed by atoms with Gasteiger partial charge in [0.25, 0.3) is 0 Å². The second-order valence-corrected chi connectivity index (χ2v) is 6.25. The Hall–Kier alpha value is -0.670. The van der Waals surface area contributed by atoms with Crippen LogP contribution in [-0.4, -0.2) is 28.4 Å². The maximum absolute atomic E-state index is 6.33. The van der Waals surface area contributed by atoms with Crippen molar-refractivity contribution in [2.75, 3.05) is 12.3 Å². The molecule has 1 aliphatic heterocycles. The number of aliphatic imine (C=N–C) groups is 1. The molecule has 0 aliphatic carbocycles. The van der Waals surface area contributed by atoms with Gasteiger partial charge in [0, 0.05) is 18.3 Å². The van der Waals surface area contributed by atoms with E-state index in [4.69, 9.17) is 16.6 Å². The molecule has 19 heavy (non-hydrogen) atoms. The molecule has 0 atom stereocenters. The number of rotatable bonds is 4. The van der Waals surface area contributed by atoms with Gasteiger partial charge in [0.15, 0.2) is 5.17 Å². The molecule has 0 radical (unpaired) electrons. The summed E-state index contributed by atoms with van der Waals surface area (Å²) in [7, 11) is 0. The van der Waals surface area contributed by atoms with Gasteiger partial charge in [-0.15, -0.1) is 0 Å². The lowest BCUT2D eigenvalue weighted by molar-refractivity contribution is 0.321. The van der Waals surface area contributed by atoms with Crippen molar-refractivity contribution < 1.29 is 0 Å². The number of aryl methyl sites for hydroxylation is 1. The highest BCUT2D eigenvalue weighted by Gasteiger charge is 2.25. The van der Waals surface area contributed by atoms with Crippen LogP contribution in [0.2, 0.25) is 5.02 Å². The fourth-order valence-corrected chi connectivity index (χ4v) is 3.61. The van der Waals surface area contributed by atoms with E-state index in [9.17, 15) is 0 Å². The Morgan fingerprint density at radius 3 is 2.79 bits per heavy atom. The summed E-state index contributed by atoms with van der Waals surface area (Å²) < 4.78 is 0. The van der Waals surface area contributed by atoms with Gasteiger partial charge in [0.2, 0.25) is 0 Å². The van der Waals surface area contributed by atoms with Crippen LogP contribution in [0.4, 0.5) is 5.69 Å². The van der Waals surface area contributed by atoms with E-state index in [2.05, 4.69) is 18.7 Å². The molecule has 0 unspecified atom stereocenters. The van der Waals surface area contributed by atoms with Crippen LogP contribution >= 0.6 is 23.4 Å². The second kappa shape index (κ2) is 6.67. The molecule has 2 nitrogen and oxygen atoms in total. The van der Waals surface area contributed by atoms with Gasteiger partial charge in [0.1, 0.15) is 0 Å². The van der Waals surface area contributed by atoms with Crippen molar-refractivity contribution in [1.29, 1.82) is 0 Å². The van der Waals surface area contributed by atoms with Gasteiger partial charge >= 0.3 is 0 Å². The molecule has 0 saturated carbocycles. The minimum Gasteiger partial charge on any atom is -0.347 e. The van der Waals surface area contributed by atoms with Crippen molar-refractivity contribution >= 4 is 34.2 Å². The zero-order valence-electron chi connectivity index (χ0n) is 11.8. The van der Waals surface area contributed by atoms with E-state index < -0.39 is 0 Å². The summed E-state index contributed by atoms with van der Waals surface area (Å²) >= 11 is 8.17. The minimum absolute atomic E-state index is 0.595. The molecule has 104 valence electrons. The fraction of sp³-hybridized carbons (Fsp3) is 0.533. The molecule has 2 rings (SSSR count). The molecule has 0 spiro atoms. The van der Waals surface area contributed by atoms with Crippen molar-refractivity contribution in [2.24, 2.45) is 4.99 Å². The van der Waals surface area contributed by atoms with Gasteiger partial charge in [-0.3, -0.25) is 0 Å². The smallest absolute Gasteiger partial charge is 0.164 e. The zero-order valence-corrected chi connectivity index (χ0v) is 13.4. The molecule has 1 aromatic carbocycles. The molecule has 0 amide bonds. The predicted octanol–water partition coefficient (Wildman–Crippen LogP) is 4.87. The Balaban J connectivity index is 2.29. The molecule has 0 N–H and O–H groups in total. The summed E-state index contributed by atoms with van der Waals surface area (Å²) in [6, 6.07) is 6.62. The number of nitrogens with zero attached hydrogens (tertiary/aromatic N) is 2. The minimum atomic E-state index is 0.595. The first kappa shape index (κ1) is 14.7. The van der Waals surface area contributed by atoms with Gasteiger partial charge in [-0.2, -0.15) is 0 Å². The summed E-state index contributed by atoms with van der Waals surface area (Å²) in [6.07, 6.45) is 2.33. The van der Waals surface area contributed by atoms with E-state index in [-0.39, 0.29) is 0 Å². The summed E-state index contributed by atoms with van der Waals surface area (Å²) in [5.41, 5.74) is 1.97. The molecule has 0 aromatic heterocycles. The summed E-state index contributed by atoms with van der Waals surface area (Å²) in [4.78, 5) is 7.22. The number of amidine groups is 1. The quantitative estimate of drug-likeness (QED) is 0.787. The van der Waals surface area contributed by atoms with E-state index in [0.717, 1.165) is 46.6 Å². The Labute approximate surface area is 125 Å². The molecule has 0 bridgehead atoms. The maximum Gasteiger partial charge on any atom is 0.164 e. The van der Waals surface area contributed by atoms with Crippen LogP contribution in [0.1, 0.15) is 32.3 Å². The zero-order chi connectivity index (χ0) is 13.8. The number of halogens is 1. The molecule has 1 aromatic rings. The average Bonchev–Trinajstić information content (AvgIpc) is 2.85. The van der Waals surface area contributed by atoms with Gasteiger partial charge in [-0.05, 0) is 31.4 Å². The van der Waals surface area contributed by atoms with Crippen LogP contribution < -0.4 is 0 Å². The fourth-order valence-electron chi connectivity index (χ4n) is 2.40. The van der Waals surface area contributed by atoms with E-state index in [1.807, 2.05) is 36.9 Å². The first-order valence-electron chi connectivity index (χ1n) is 6.90. The van der Waals surface area contributed by atoms with Crippen LogP contribution in [0, 0.1) is 6.92 Å². The third-order valence-electron chi connectivity index (χ3n) is 3.58. The van der Waals surface area contributed by atoms with Crippen molar-refractivity contribution in [1.82, 2.24) is 4.90 Å². The van der Waals surface area contributed by atoms with E-state index in [1.165, 1.54) is 0 Å². The van der Waals surface area contributed by atoms with Crippen LogP contribution in [0.3, 0.4) is 0 Å². The van der Waals surface area contributed by atoms with Crippen molar-refractivity contribution in [3.8, 4) is 0 Å². The van der Waals surface area contributed by atoms with Crippen molar-refractivity contribution in [3.05, 3.63) is 28.8 Å². The van der Waals surface area contributed by atoms with Gasteiger partial charge < -0.3 is 4.90 Å². The van der Waals surface area contributed by atoms with Crippen LogP contribution in [0.25, 0.3) is 0 Å². The van der Waals surface area contributed by atoms with Crippen LogP contribution in [0.5, 0.6) is 0 Å². The molecular formula is C15H21ClN2S. The van der Waals surface area contributed by atoms with Crippen LogP contribution in [-0.2, 0) is 0 Å². The predicted molar refractivity (Wildman–Crippen MR) is 86.8 cm³/mol. The van der Waals surface area contributed by atoms with Gasteiger partial charge in [0.05, 0.1) is 10.7 Å². The topological polar surface area (TPSA) is 15.6 Å². The number of hydrogen-bond donors (Lipinski definition) is 0. The van der Waals surface area contributed by atoms with Gasteiger partial charge in [-0.25, -0.2) is 4.99 Å². The monoisotopic (exact) mass is 296 g/mol. The molecule has 1 heterocycles. The third-order valence-corrected chi connectivity index (χ3v) is 5.04. The highest BCUT2D eigenvalue weighted by Crippen LogP contribution is 2.32. The molecular weight excluding hydrogens is 276 g/mol. The normalized spacial score (nSPS) is 17.7. The summed E-state index contributed by atoms with van der Waals surface area (Å²) in [5, 5.41) is 1.90. The Morgan fingerprint density at radius 1 is 1.37 bits per heavy atom. The number of thioether (sulfide) groups is 1. The number of hydrogen-bond acceptors (Lipinski definition) is 2. The van der Waals surface area contributed by atoms with Crippen molar-refractivity contribution in [3.63, 3.8) is 0 Å². The second-order valence-electron chi connectivity index (χ2n) is 4.81. The molecule has 1 fully saturated rings. The van der Waals surface area contributed by atoms with Gasteiger partial charge in [-0.1, -0.05) is 49.3 Å². The highest BCUT2D eigenvalue weighted by molar-refractivity contribution is 8.14. The SMILES string of the molecule is CCC(CC)N1CCSC1=Nc1cccc(C)c1Cl. The van der Waals surface area contributed by atoms with Crippen LogP contribution in [0.15, 0.2) is 23.2 Å². The van der Waals surface area contributed by atoms with E-state index in [1.54, 1.807) is 0 Å². The highest BCUT2D eigenvalue weighted by atomic mass is 35.5. The standard InChI is InChI=1S/C15H21ClN2S/c1-4-12(5-2)18-9-10-19-15(18)17-13-8-6-7-11(3)14(13)16/h6-8,12H,4-5,9-10H2,1-3H3. The molecule has 1 saturated heterocycles. The first-order chi connectivity index (χ1) is 9.17. The Bertz CT molecular complexity index is 469. The third kappa shape index (κ3) is 3.26. The maximum atomic E-state index is 6.33. The lowest BCUT2D eigenvalue weighted by Crippen LogP contribution is -2.35. The Kier molecular flexibility index (Phi) is 5.17. The average molecular weight is 297 g/mol. The Morgan fingerprint density at radius 2 is 2.11 bits per heavy atom. The lowest BCUT2D eigenvalue weighted by atomic mass is 10.1.